The Morgan fingerprint density at radius 1 is 1.14 bits per heavy atom. The van der Waals surface area contributed by atoms with E-state index >= 15 is 0 Å². The van der Waals surface area contributed by atoms with Crippen molar-refractivity contribution in [3.05, 3.63) is 26.7 Å². The van der Waals surface area contributed by atoms with Crippen molar-refractivity contribution in [2.45, 2.75) is 32.5 Å². The SMILES string of the molecule is CCCCn1c(C(F)(F)F)nc2c1c(=O)n(C)c(=O)n2C. The number of imidazole rings is 1. The molecule has 2 heterocycles. The first kappa shape index (κ1) is 15.3. The van der Waals surface area contributed by atoms with E-state index in [0.717, 1.165) is 13.7 Å². The molecule has 0 fully saturated rings. The highest BCUT2D eigenvalue weighted by Crippen LogP contribution is 2.30. The monoisotopic (exact) mass is 304 g/mol. The van der Waals surface area contributed by atoms with E-state index in [0.29, 0.717) is 12.8 Å². The number of aryl methyl sites for hydroxylation is 2. The maximum absolute atomic E-state index is 13.1. The van der Waals surface area contributed by atoms with Crippen LogP contribution in [0.15, 0.2) is 9.59 Å². The van der Waals surface area contributed by atoms with Crippen LogP contribution in [0.4, 0.5) is 13.2 Å². The van der Waals surface area contributed by atoms with Gasteiger partial charge in [0, 0.05) is 20.6 Å². The van der Waals surface area contributed by atoms with Crippen molar-refractivity contribution in [3.63, 3.8) is 0 Å². The summed E-state index contributed by atoms with van der Waals surface area (Å²) < 4.78 is 41.9. The first-order chi connectivity index (χ1) is 9.70. The van der Waals surface area contributed by atoms with Crippen molar-refractivity contribution in [3.8, 4) is 0 Å². The van der Waals surface area contributed by atoms with Crippen molar-refractivity contribution >= 4 is 11.2 Å². The van der Waals surface area contributed by atoms with Crippen LogP contribution in [0, 0.1) is 0 Å². The summed E-state index contributed by atoms with van der Waals surface area (Å²) in [4.78, 5) is 27.4. The standard InChI is InChI=1S/C12H15F3N4O2/c1-4-5-6-19-7-8(16-10(19)12(13,14)15)17(2)11(21)18(3)9(7)20/h4-6H2,1-3H3. The topological polar surface area (TPSA) is 61.8 Å². The maximum atomic E-state index is 13.1. The molecule has 2 aromatic rings. The Morgan fingerprint density at radius 2 is 1.76 bits per heavy atom. The molecule has 2 aromatic heterocycles. The number of halogens is 3. The Kier molecular flexibility index (Phi) is 3.68. The van der Waals surface area contributed by atoms with Crippen molar-refractivity contribution in [2.75, 3.05) is 0 Å². The van der Waals surface area contributed by atoms with E-state index in [1.165, 1.54) is 14.1 Å². The fourth-order valence-corrected chi connectivity index (χ4v) is 2.20. The van der Waals surface area contributed by atoms with Gasteiger partial charge in [0.05, 0.1) is 0 Å². The maximum Gasteiger partial charge on any atom is 0.449 e. The van der Waals surface area contributed by atoms with Crippen LogP contribution in [-0.2, 0) is 26.8 Å². The zero-order valence-corrected chi connectivity index (χ0v) is 11.9. The minimum atomic E-state index is -4.69. The lowest BCUT2D eigenvalue weighted by atomic mass is 10.3. The fraction of sp³-hybridized carbons (Fsp3) is 0.583. The highest BCUT2D eigenvalue weighted by atomic mass is 19.4. The van der Waals surface area contributed by atoms with E-state index < -0.39 is 23.2 Å². The third-order valence-corrected chi connectivity index (χ3v) is 3.34. The van der Waals surface area contributed by atoms with Crippen LogP contribution in [0.1, 0.15) is 25.6 Å². The second kappa shape index (κ2) is 5.05. The number of unbranched alkanes of at least 4 members (excludes halogenated alkanes) is 1. The number of rotatable bonds is 3. The third kappa shape index (κ3) is 2.36. The van der Waals surface area contributed by atoms with Crippen LogP contribution in [0.3, 0.4) is 0 Å². The summed E-state index contributed by atoms with van der Waals surface area (Å²) >= 11 is 0. The second-order valence-electron chi connectivity index (χ2n) is 4.82. The van der Waals surface area contributed by atoms with Gasteiger partial charge in [-0.2, -0.15) is 13.2 Å². The van der Waals surface area contributed by atoms with Crippen LogP contribution in [0.5, 0.6) is 0 Å². The number of alkyl halides is 3. The smallest absolute Gasteiger partial charge is 0.315 e. The number of aromatic nitrogens is 4. The van der Waals surface area contributed by atoms with Gasteiger partial charge in [-0.1, -0.05) is 13.3 Å². The quantitative estimate of drug-likeness (QED) is 0.857. The largest absolute Gasteiger partial charge is 0.449 e. The first-order valence-electron chi connectivity index (χ1n) is 6.43. The minimum Gasteiger partial charge on any atom is -0.315 e. The van der Waals surface area contributed by atoms with Gasteiger partial charge < -0.3 is 4.57 Å². The molecule has 0 aliphatic heterocycles. The zero-order valence-electron chi connectivity index (χ0n) is 11.9. The van der Waals surface area contributed by atoms with Gasteiger partial charge >= 0.3 is 11.9 Å². The number of hydrogen-bond acceptors (Lipinski definition) is 3. The Hall–Kier alpha value is -2.06. The molecule has 0 bridgehead atoms. The normalized spacial score (nSPS) is 12.3. The van der Waals surface area contributed by atoms with Gasteiger partial charge in [0.2, 0.25) is 5.82 Å². The molecule has 0 saturated heterocycles. The Bertz CT molecular complexity index is 798. The second-order valence-corrected chi connectivity index (χ2v) is 4.82. The molecule has 0 unspecified atom stereocenters. The van der Waals surface area contributed by atoms with E-state index in [1.807, 2.05) is 6.92 Å². The van der Waals surface area contributed by atoms with Gasteiger partial charge in [-0.05, 0) is 6.42 Å². The molecule has 0 aromatic carbocycles. The lowest BCUT2D eigenvalue weighted by Crippen LogP contribution is -2.37. The summed E-state index contributed by atoms with van der Waals surface area (Å²) in [5.41, 5.74) is -1.92. The predicted octanol–water partition coefficient (Wildman–Crippen LogP) is 1.25. The van der Waals surface area contributed by atoms with Gasteiger partial charge in [0.15, 0.2) is 11.2 Å². The number of fused-ring (bicyclic) bond motifs is 1. The Labute approximate surface area is 117 Å². The average Bonchev–Trinajstić information content (AvgIpc) is 2.80. The average molecular weight is 304 g/mol. The first-order valence-corrected chi connectivity index (χ1v) is 6.43. The van der Waals surface area contributed by atoms with E-state index in [4.69, 9.17) is 0 Å². The zero-order chi connectivity index (χ0) is 15.9. The lowest BCUT2D eigenvalue weighted by Gasteiger charge is -2.10. The molecule has 0 saturated carbocycles. The minimum absolute atomic E-state index is 0.0231. The molecule has 0 spiro atoms. The molecule has 0 N–H and O–H groups in total. The molecule has 2 rings (SSSR count). The van der Waals surface area contributed by atoms with Crippen LogP contribution in [0.25, 0.3) is 11.2 Å². The molecule has 0 aliphatic carbocycles. The molecule has 0 atom stereocenters. The summed E-state index contributed by atoms with van der Waals surface area (Å²) in [6.45, 7) is 1.86. The van der Waals surface area contributed by atoms with Crippen LogP contribution >= 0.6 is 0 Å². The summed E-state index contributed by atoms with van der Waals surface area (Å²) in [6, 6.07) is 0. The van der Waals surface area contributed by atoms with Crippen LogP contribution < -0.4 is 11.2 Å². The van der Waals surface area contributed by atoms with Gasteiger partial charge in [-0.3, -0.25) is 13.9 Å². The van der Waals surface area contributed by atoms with Crippen molar-refractivity contribution in [1.82, 2.24) is 18.7 Å². The van der Waals surface area contributed by atoms with Crippen molar-refractivity contribution in [1.29, 1.82) is 0 Å². The number of hydrogen-bond donors (Lipinski definition) is 0. The summed E-state index contributed by atoms with van der Waals surface area (Å²) in [6.07, 6.45) is -3.54. The van der Waals surface area contributed by atoms with Crippen LogP contribution in [-0.4, -0.2) is 18.7 Å². The Morgan fingerprint density at radius 3 is 2.29 bits per heavy atom. The van der Waals surface area contributed by atoms with Gasteiger partial charge in [0.1, 0.15) is 0 Å². The van der Waals surface area contributed by atoms with Gasteiger partial charge in [-0.15, -0.1) is 0 Å². The fourth-order valence-electron chi connectivity index (χ4n) is 2.20. The van der Waals surface area contributed by atoms with Crippen molar-refractivity contribution in [2.24, 2.45) is 14.1 Å². The van der Waals surface area contributed by atoms with E-state index in [-0.39, 0.29) is 17.7 Å². The molecule has 0 radical (unpaired) electrons. The van der Waals surface area contributed by atoms with E-state index in [1.54, 1.807) is 0 Å². The molecular formula is C12H15F3N4O2. The third-order valence-electron chi connectivity index (χ3n) is 3.34. The number of nitrogens with zero attached hydrogens (tertiary/aromatic N) is 4. The molecule has 21 heavy (non-hydrogen) atoms. The van der Waals surface area contributed by atoms with Gasteiger partial charge in [0.25, 0.3) is 5.56 Å². The summed E-state index contributed by atoms with van der Waals surface area (Å²) in [5.74, 6) is -1.15. The summed E-state index contributed by atoms with van der Waals surface area (Å²) in [5, 5.41) is 0. The molecule has 0 amide bonds. The highest BCUT2D eigenvalue weighted by molar-refractivity contribution is 5.71. The molecule has 6 nitrogen and oxygen atoms in total. The van der Waals surface area contributed by atoms with E-state index in [2.05, 4.69) is 4.98 Å². The Balaban J connectivity index is 2.94. The molecule has 9 heteroatoms. The predicted molar refractivity (Wildman–Crippen MR) is 70.1 cm³/mol. The van der Waals surface area contributed by atoms with Crippen molar-refractivity contribution < 1.29 is 13.2 Å². The van der Waals surface area contributed by atoms with E-state index in [9.17, 15) is 22.8 Å². The molecular weight excluding hydrogens is 289 g/mol. The van der Waals surface area contributed by atoms with Crippen LogP contribution in [0.2, 0.25) is 0 Å². The highest BCUT2D eigenvalue weighted by Gasteiger charge is 2.38. The van der Waals surface area contributed by atoms with Gasteiger partial charge in [-0.25, -0.2) is 9.78 Å². The lowest BCUT2D eigenvalue weighted by molar-refractivity contribution is -0.147. The molecule has 0 aliphatic rings. The molecule has 116 valence electrons. The summed E-state index contributed by atoms with van der Waals surface area (Å²) in [7, 11) is 2.52.